The number of halogens is 1. The highest BCUT2D eigenvalue weighted by Gasteiger charge is 2.18. The van der Waals surface area contributed by atoms with Crippen LogP contribution in [0.5, 0.6) is 0 Å². The van der Waals surface area contributed by atoms with Gasteiger partial charge in [0.25, 0.3) is 0 Å². The van der Waals surface area contributed by atoms with E-state index in [4.69, 9.17) is 9.15 Å². The number of carbonyl (C=O) groups is 2. The van der Waals surface area contributed by atoms with Crippen LogP contribution in [0.4, 0.5) is 10.1 Å². The molecule has 31 heavy (non-hydrogen) atoms. The Labute approximate surface area is 176 Å². The summed E-state index contributed by atoms with van der Waals surface area (Å²) in [5.41, 5.74) is 0.333. The molecule has 1 amide bonds. The molecule has 0 fully saturated rings. The first kappa shape index (κ1) is 22.2. The van der Waals surface area contributed by atoms with Crippen LogP contribution in [0.25, 0.3) is 11.0 Å². The summed E-state index contributed by atoms with van der Waals surface area (Å²) in [6.07, 6.45) is -0.411. The van der Waals surface area contributed by atoms with Crippen molar-refractivity contribution in [2.24, 2.45) is 0 Å². The van der Waals surface area contributed by atoms with E-state index in [1.165, 1.54) is 19.1 Å². The van der Waals surface area contributed by atoms with Gasteiger partial charge in [0, 0.05) is 35.7 Å². The normalized spacial score (nSPS) is 11.3. The summed E-state index contributed by atoms with van der Waals surface area (Å²) in [5.74, 6) is -2.14. The fourth-order valence-electron chi connectivity index (χ4n) is 2.84. The summed E-state index contributed by atoms with van der Waals surface area (Å²) in [5, 5.41) is 3.07. The third-order valence-corrected chi connectivity index (χ3v) is 6.02. The van der Waals surface area contributed by atoms with Crippen LogP contribution < -0.4 is 10.9 Å². The van der Waals surface area contributed by atoms with Gasteiger partial charge in [-0.15, -0.1) is 0 Å². The van der Waals surface area contributed by atoms with Crippen molar-refractivity contribution in [1.82, 2.24) is 0 Å². The molecule has 2 aromatic carbocycles. The van der Waals surface area contributed by atoms with Gasteiger partial charge in [-0.2, -0.15) is 0 Å². The lowest BCUT2D eigenvalue weighted by Gasteiger charge is -2.09. The van der Waals surface area contributed by atoms with E-state index in [-0.39, 0.29) is 23.0 Å². The zero-order valence-corrected chi connectivity index (χ0v) is 17.2. The number of amides is 1. The minimum Gasteiger partial charge on any atom is -0.461 e. The van der Waals surface area contributed by atoms with Crippen LogP contribution in [0.15, 0.2) is 62.6 Å². The molecule has 1 aromatic heterocycles. The van der Waals surface area contributed by atoms with Gasteiger partial charge in [-0.05, 0) is 36.4 Å². The molecule has 0 saturated carbocycles. The Bertz CT molecular complexity index is 1300. The molecular formula is C21H18FNO7S. The maximum absolute atomic E-state index is 13.0. The van der Waals surface area contributed by atoms with Gasteiger partial charge >= 0.3 is 11.6 Å². The van der Waals surface area contributed by atoms with Gasteiger partial charge < -0.3 is 14.5 Å². The number of hydrogen-bond donors (Lipinski definition) is 1. The molecule has 10 heteroatoms. The highest BCUT2D eigenvalue weighted by Crippen LogP contribution is 2.22. The number of benzene rings is 2. The van der Waals surface area contributed by atoms with Crippen molar-refractivity contribution >= 4 is 38.4 Å². The average Bonchev–Trinajstić information content (AvgIpc) is 2.70. The molecule has 0 unspecified atom stereocenters. The lowest BCUT2D eigenvalue weighted by molar-refractivity contribution is -0.144. The number of fused-ring (bicyclic) bond motifs is 1. The number of carbonyl (C=O) groups excluding carboxylic acids is 2. The molecule has 0 radical (unpaired) electrons. The van der Waals surface area contributed by atoms with Gasteiger partial charge in [-0.3, -0.25) is 9.59 Å². The fraction of sp³-hybridized carbons (Fsp3) is 0.190. The monoisotopic (exact) mass is 447 g/mol. The number of rotatable bonds is 7. The van der Waals surface area contributed by atoms with Gasteiger partial charge in [0.15, 0.2) is 9.84 Å². The first-order valence-corrected chi connectivity index (χ1v) is 10.8. The Morgan fingerprint density at radius 1 is 1.10 bits per heavy atom. The number of esters is 1. The number of nitrogens with one attached hydrogen (secondary N) is 1. The van der Waals surface area contributed by atoms with Crippen molar-refractivity contribution in [2.45, 2.75) is 24.8 Å². The quantitative estimate of drug-likeness (QED) is 0.336. The van der Waals surface area contributed by atoms with Gasteiger partial charge in [0.05, 0.1) is 17.1 Å². The zero-order valence-electron chi connectivity index (χ0n) is 16.4. The number of hydrogen-bond acceptors (Lipinski definition) is 7. The molecule has 162 valence electrons. The third kappa shape index (κ3) is 5.76. The van der Waals surface area contributed by atoms with Crippen molar-refractivity contribution in [3.63, 3.8) is 0 Å². The lowest BCUT2D eigenvalue weighted by atomic mass is 10.1. The molecule has 0 bridgehead atoms. The first-order valence-electron chi connectivity index (χ1n) is 9.12. The predicted octanol–water partition coefficient (Wildman–Crippen LogP) is 2.80. The third-order valence-electron chi connectivity index (χ3n) is 4.29. The Morgan fingerprint density at radius 3 is 2.48 bits per heavy atom. The van der Waals surface area contributed by atoms with Crippen LogP contribution in [0.2, 0.25) is 0 Å². The van der Waals surface area contributed by atoms with Crippen LogP contribution in [0, 0.1) is 5.82 Å². The van der Waals surface area contributed by atoms with Crippen LogP contribution in [0.3, 0.4) is 0 Å². The molecule has 8 nitrogen and oxygen atoms in total. The average molecular weight is 447 g/mol. The molecule has 0 saturated heterocycles. The van der Waals surface area contributed by atoms with Crippen molar-refractivity contribution in [1.29, 1.82) is 0 Å². The van der Waals surface area contributed by atoms with Gasteiger partial charge in [-0.1, -0.05) is 0 Å². The van der Waals surface area contributed by atoms with Gasteiger partial charge in [0.2, 0.25) is 5.91 Å². The summed E-state index contributed by atoms with van der Waals surface area (Å²) < 4.78 is 47.7. The number of ether oxygens (including phenoxy) is 1. The van der Waals surface area contributed by atoms with E-state index in [0.29, 0.717) is 16.6 Å². The number of sulfone groups is 1. The summed E-state index contributed by atoms with van der Waals surface area (Å²) in [4.78, 5) is 35.0. The first-order chi connectivity index (χ1) is 14.6. The van der Waals surface area contributed by atoms with Crippen LogP contribution in [-0.2, 0) is 30.8 Å². The minimum absolute atomic E-state index is 0.0941. The second-order valence-electron chi connectivity index (χ2n) is 6.67. The van der Waals surface area contributed by atoms with E-state index < -0.39 is 39.4 Å². The maximum atomic E-state index is 13.0. The molecule has 1 heterocycles. The molecule has 0 aliphatic rings. The summed E-state index contributed by atoms with van der Waals surface area (Å²) >= 11 is 0. The summed E-state index contributed by atoms with van der Waals surface area (Å²) in [6.45, 7) is 1.07. The molecular weight excluding hydrogens is 429 g/mol. The standard InChI is InChI=1S/C21H18FNO7S/c1-13(24)23-16-4-7-18-14(10-21(26)30-19(18)11-16)12-29-20(25)8-9-31(27,28)17-5-2-15(22)3-6-17/h2-7,10-11H,8-9,12H2,1H3,(H,23,24). The van der Waals surface area contributed by atoms with Crippen molar-refractivity contribution < 1.29 is 31.6 Å². The van der Waals surface area contributed by atoms with Crippen molar-refractivity contribution in [3.8, 4) is 0 Å². The summed E-state index contributed by atoms with van der Waals surface area (Å²) in [6, 6.07) is 10.1. The van der Waals surface area contributed by atoms with Gasteiger partial charge in [-0.25, -0.2) is 17.6 Å². The zero-order chi connectivity index (χ0) is 22.6. The molecule has 3 rings (SSSR count). The fourth-order valence-corrected chi connectivity index (χ4v) is 4.06. The van der Waals surface area contributed by atoms with Crippen molar-refractivity contribution in [3.05, 3.63) is 70.3 Å². The van der Waals surface area contributed by atoms with Gasteiger partial charge in [0.1, 0.15) is 18.0 Å². The van der Waals surface area contributed by atoms with E-state index in [1.54, 1.807) is 12.1 Å². The minimum atomic E-state index is -3.78. The smallest absolute Gasteiger partial charge is 0.336 e. The predicted molar refractivity (Wildman–Crippen MR) is 110 cm³/mol. The molecule has 1 N–H and O–H groups in total. The van der Waals surface area contributed by atoms with E-state index in [0.717, 1.165) is 24.3 Å². The molecule has 0 atom stereocenters. The van der Waals surface area contributed by atoms with E-state index in [9.17, 15) is 27.2 Å². The SMILES string of the molecule is CC(=O)Nc1ccc2c(COC(=O)CCS(=O)(=O)c3ccc(F)cc3)cc(=O)oc2c1. The highest BCUT2D eigenvalue weighted by atomic mass is 32.2. The molecule has 0 spiro atoms. The van der Waals surface area contributed by atoms with Crippen LogP contribution >= 0.6 is 0 Å². The van der Waals surface area contributed by atoms with E-state index in [1.807, 2.05) is 0 Å². The second-order valence-corrected chi connectivity index (χ2v) is 8.78. The Hall–Kier alpha value is -3.53. The molecule has 0 aliphatic heterocycles. The van der Waals surface area contributed by atoms with Crippen LogP contribution in [0.1, 0.15) is 18.9 Å². The van der Waals surface area contributed by atoms with E-state index in [2.05, 4.69) is 5.32 Å². The van der Waals surface area contributed by atoms with E-state index >= 15 is 0 Å². The maximum Gasteiger partial charge on any atom is 0.336 e. The summed E-state index contributed by atoms with van der Waals surface area (Å²) in [7, 11) is -3.78. The molecule has 0 aliphatic carbocycles. The Kier molecular flexibility index (Phi) is 6.50. The Balaban J connectivity index is 1.67. The van der Waals surface area contributed by atoms with Crippen LogP contribution in [-0.4, -0.2) is 26.0 Å². The highest BCUT2D eigenvalue weighted by molar-refractivity contribution is 7.91. The lowest BCUT2D eigenvalue weighted by Crippen LogP contribution is -2.14. The topological polar surface area (TPSA) is 120 Å². The Morgan fingerprint density at radius 2 is 1.81 bits per heavy atom. The molecule has 3 aromatic rings. The second kappa shape index (κ2) is 9.09. The van der Waals surface area contributed by atoms with Crippen molar-refractivity contribution in [2.75, 3.05) is 11.1 Å². The largest absolute Gasteiger partial charge is 0.461 e. The number of anilines is 1.